The molecule has 3 saturated heterocycles. The highest BCUT2D eigenvalue weighted by Crippen LogP contribution is 2.43. The molecule has 48 heavy (non-hydrogen) atoms. The molecule has 7 rings (SSSR count). The Morgan fingerprint density at radius 3 is 2.31 bits per heavy atom. The van der Waals surface area contributed by atoms with Gasteiger partial charge in [0.2, 0.25) is 11.9 Å². The van der Waals surface area contributed by atoms with Crippen molar-refractivity contribution in [3.63, 3.8) is 0 Å². The second-order valence-electron chi connectivity index (χ2n) is 12.9. The average Bonchev–Trinajstić information content (AvgIpc) is 3.42. The Balaban J connectivity index is 0.928. The van der Waals surface area contributed by atoms with Gasteiger partial charge in [0, 0.05) is 54.6 Å². The fourth-order valence-electron chi connectivity index (χ4n) is 7.23. The van der Waals surface area contributed by atoms with Gasteiger partial charge < -0.3 is 20.0 Å². The minimum absolute atomic E-state index is 0.122. The van der Waals surface area contributed by atoms with Crippen molar-refractivity contribution in [2.24, 2.45) is 11.3 Å². The maximum absolute atomic E-state index is 13.9. The SMILES string of the molecule is O=C1N(c2cncc(Nc3ncc(Cl)c(-c4ccc(Cl)cc4)n3)c2)CCC12CCN(CC1CCN(c3ccc([N+](=O)[O-])cc3)CC1)CC2. The van der Waals surface area contributed by atoms with Gasteiger partial charge in [-0.1, -0.05) is 35.3 Å². The third-order valence-corrected chi connectivity index (χ3v) is 10.6. The molecule has 5 heterocycles. The van der Waals surface area contributed by atoms with E-state index in [1.54, 1.807) is 42.9 Å². The molecule has 1 spiro atoms. The van der Waals surface area contributed by atoms with Crippen LogP contribution in [-0.4, -0.2) is 70.0 Å². The number of hydrogen-bond donors (Lipinski definition) is 1. The monoisotopic (exact) mass is 686 g/mol. The van der Waals surface area contributed by atoms with Gasteiger partial charge in [0.1, 0.15) is 0 Å². The van der Waals surface area contributed by atoms with E-state index in [2.05, 4.69) is 30.1 Å². The van der Waals surface area contributed by atoms with Crippen molar-refractivity contribution in [3.8, 4) is 11.3 Å². The Hall–Kier alpha value is -4.32. The molecule has 2 aromatic carbocycles. The number of likely N-dealkylation sites (tertiary alicyclic amines) is 1. The van der Waals surface area contributed by atoms with Gasteiger partial charge in [-0.25, -0.2) is 9.97 Å². The minimum atomic E-state index is -0.360. The lowest BCUT2D eigenvalue weighted by molar-refractivity contribution is -0.384. The molecule has 0 aliphatic carbocycles. The van der Waals surface area contributed by atoms with Gasteiger partial charge in [-0.05, 0) is 81.4 Å². The smallest absolute Gasteiger partial charge is 0.269 e. The van der Waals surface area contributed by atoms with E-state index >= 15 is 0 Å². The number of aromatic nitrogens is 3. The molecule has 3 fully saturated rings. The highest BCUT2D eigenvalue weighted by atomic mass is 35.5. The lowest BCUT2D eigenvalue weighted by atomic mass is 9.77. The number of nitrogens with one attached hydrogen (secondary N) is 1. The van der Waals surface area contributed by atoms with E-state index in [4.69, 9.17) is 23.2 Å². The van der Waals surface area contributed by atoms with Crippen molar-refractivity contribution >= 4 is 57.8 Å². The Morgan fingerprint density at radius 2 is 1.60 bits per heavy atom. The Bertz CT molecular complexity index is 1790. The lowest BCUT2D eigenvalue weighted by Gasteiger charge is -2.41. The van der Waals surface area contributed by atoms with Crippen LogP contribution in [0.25, 0.3) is 11.3 Å². The van der Waals surface area contributed by atoms with Crippen molar-refractivity contribution in [2.75, 3.05) is 54.4 Å². The van der Waals surface area contributed by atoms with E-state index in [0.29, 0.717) is 39.8 Å². The molecule has 0 atom stereocenters. The molecule has 1 amide bonds. The number of carbonyl (C=O) groups excluding carboxylic acids is 1. The molecule has 3 aliphatic heterocycles. The summed E-state index contributed by atoms with van der Waals surface area (Å²) in [6.45, 7) is 5.46. The second-order valence-corrected chi connectivity index (χ2v) is 13.8. The van der Waals surface area contributed by atoms with Crippen LogP contribution in [0.5, 0.6) is 0 Å². The van der Waals surface area contributed by atoms with E-state index in [9.17, 15) is 14.9 Å². The molecule has 0 radical (unpaired) electrons. The molecule has 0 unspecified atom stereocenters. The van der Waals surface area contributed by atoms with E-state index in [0.717, 1.165) is 81.8 Å². The highest BCUT2D eigenvalue weighted by Gasteiger charge is 2.48. The highest BCUT2D eigenvalue weighted by molar-refractivity contribution is 6.33. The quantitative estimate of drug-likeness (QED) is 0.151. The molecule has 0 bridgehead atoms. The predicted molar refractivity (Wildman–Crippen MR) is 188 cm³/mol. The molecule has 2 aromatic heterocycles. The summed E-state index contributed by atoms with van der Waals surface area (Å²) in [4.78, 5) is 44.6. The lowest BCUT2D eigenvalue weighted by Crippen LogP contribution is -2.47. The molecular weight excluding hydrogens is 651 g/mol. The molecule has 1 N–H and O–H groups in total. The Kier molecular flexibility index (Phi) is 9.17. The fraction of sp³-hybridized carbons (Fsp3) is 0.371. The third kappa shape index (κ3) is 6.80. The van der Waals surface area contributed by atoms with Gasteiger partial charge >= 0.3 is 0 Å². The number of carbonyl (C=O) groups is 1. The summed E-state index contributed by atoms with van der Waals surface area (Å²) in [5.41, 5.74) is 3.69. The summed E-state index contributed by atoms with van der Waals surface area (Å²) in [5, 5.41) is 15.3. The van der Waals surface area contributed by atoms with E-state index < -0.39 is 0 Å². The molecule has 3 aliphatic rings. The maximum atomic E-state index is 13.9. The van der Waals surface area contributed by atoms with Gasteiger partial charge in [-0.3, -0.25) is 19.9 Å². The topological polar surface area (TPSA) is 121 Å². The van der Waals surface area contributed by atoms with Crippen LogP contribution in [0.1, 0.15) is 32.1 Å². The summed E-state index contributed by atoms with van der Waals surface area (Å²) in [6.07, 6.45) is 9.73. The summed E-state index contributed by atoms with van der Waals surface area (Å²) < 4.78 is 0. The van der Waals surface area contributed by atoms with Crippen LogP contribution >= 0.6 is 23.2 Å². The first-order valence-corrected chi connectivity index (χ1v) is 17.1. The van der Waals surface area contributed by atoms with Crippen LogP contribution in [0.3, 0.4) is 0 Å². The Labute approximate surface area is 289 Å². The zero-order chi connectivity index (χ0) is 33.3. The number of amides is 1. The summed E-state index contributed by atoms with van der Waals surface area (Å²) in [5.74, 6) is 1.17. The van der Waals surface area contributed by atoms with Gasteiger partial charge in [0.05, 0.1) is 51.0 Å². The number of non-ortho nitro benzene ring substituents is 1. The maximum Gasteiger partial charge on any atom is 0.269 e. The van der Waals surface area contributed by atoms with Crippen molar-refractivity contribution in [1.29, 1.82) is 0 Å². The van der Waals surface area contributed by atoms with Crippen LogP contribution in [-0.2, 0) is 4.79 Å². The zero-order valence-corrected chi connectivity index (χ0v) is 27.9. The van der Waals surface area contributed by atoms with E-state index in [1.165, 1.54) is 0 Å². The number of benzene rings is 2. The molecule has 4 aromatic rings. The first-order chi connectivity index (χ1) is 23.3. The van der Waals surface area contributed by atoms with Gasteiger partial charge in [-0.2, -0.15) is 0 Å². The summed E-state index contributed by atoms with van der Waals surface area (Å²) in [7, 11) is 0. The largest absolute Gasteiger partial charge is 0.372 e. The van der Waals surface area contributed by atoms with Gasteiger partial charge in [0.25, 0.3) is 5.69 Å². The Morgan fingerprint density at radius 1 is 0.896 bits per heavy atom. The number of rotatable bonds is 8. The number of nitrogens with zero attached hydrogens (tertiary/aromatic N) is 7. The number of nitro benzene ring substituents is 1. The number of nitro groups is 1. The normalized spacial score (nSPS) is 18.4. The first-order valence-electron chi connectivity index (χ1n) is 16.3. The molecule has 11 nitrogen and oxygen atoms in total. The van der Waals surface area contributed by atoms with Crippen molar-refractivity contribution in [1.82, 2.24) is 19.9 Å². The summed E-state index contributed by atoms with van der Waals surface area (Å²) in [6, 6.07) is 16.1. The van der Waals surface area contributed by atoms with Crippen LogP contribution in [0, 0.1) is 21.4 Å². The van der Waals surface area contributed by atoms with Crippen molar-refractivity contribution < 1.29 is 9.72 Å². The van der Waals surface area contributed by atoms with Crippen molar-refractivity contribution in [3.05, 3.63) is 93.3 Å². The van der Waals surface area contributed by atoms with Crippen LogP contribution in [0.15, 0.2) is 73.2 Å². The number of halogens is 2. The predicted octanol–water partition coefficient (Wildman–Crippen LogP) is 7.23. The number of anilines is 4. The van der Waals surface area contributed by atoms with Crippen LogP contribution in [0.2, 0.25) is 10.0 Å². The number of piperidine rings is 2. The van der Waals surface area contributed by atoms with Crippen LogP contribution < -0.4 is 15.1 Å². The first kappa shape index (κ1) is 32.2. The molecule has 13 heteroatoms. The fourth-order valence-corrected chi connectivity index (χ4v) is 7.56. The number of hydrogen-bond acceptors (Lipinski definition) is 9. The van der Waals surface area contributed by atoms with Crippen LogP contribution in [0.4, 0.5) is 28.7 Å². The van der Waals surface area contributed by atoms with Crippen molar-refractivity contribution in [2.45, 2.75) is 32.1 Å². The van der Waals surface area contributed by atoms with E-state index in [1.807, 2.05) is 35.2 Å². The average molecular weight is 688 g/mol. The van der Waals surface area contributed by atoms with Gasteiger partial charge in [-0.15, -0.1) is 0 Å². The summed E-state index contributed by atoms with van der Waals surface area (Å²) >= 11 is 12.5. The molecular formula is C35H36Cl2N8O3. The third-order valence-electron chi connectivity index (χ3n) is 10.0. The second kappa shape index (κ2) is 13.7. The van der Waals surface area contributed by atoms with E-state index in [-0.39, 0.29) is 21.9 Å². The zero-order valence-electron chi connectivity index (χ0n) is 26.4. The molecule has 0 saturated carbocycles. The standard InChI is InChI=1S/C35H36Cl2N8O3/c36-26-3-1-25(2-4-26)32-31(37)22-39-34(41-32)40-27-19-30(21-38-20-27)44-18-13-35(33(44)46)11-16-42(17-12-35)23-24-9-14-43(15-10-24)28-5-7-29(8-6-28)45(47)48/h1-8,19-22,24H,9-18,23H2,(H,39,40,41). The molecule has 248 valence electrons. The van der Waals surface area contributed by atoms with Gasteiger partial charge in [0.15, 0.2) is 0 Å². The number of pyridine rings is 1. The minimum Gasteiger partial charge on any atom is -0.372 e.